The highest BCUT2D eigenvalue weighted by Crippen LogP contribution is 1.88. The Labute approximate surface area is 110 Å². The lowest BCUT2D eigenvalue weighted by Crippen LogP contribution is -2.00. The highest BCUT2D eigenvalue weighted by Gasteiger charge is 1.91. The van der Waals surface area contributed by atoms with Crippen molar-refractivity contribution in [2.75, 3.05) is 12.4 Å². The second kappa shape index (κ2) is 24.0. The van der Waals surface area contributed by atoms with Gasteiger partial charge in [0.1, 0.15) is 0 Å². The lowest BCUT2D eigenvalue weighted by molar-refractivity contribution is -0.137. The van der Waals surface area contributed by atoms with E-state index in [1.165, 1.54) is 12.2 Å². The van der Waals surface area contributed by atoms with Gasteiger partial charge in [0.15, 0.2) is 0 Å². The van der Waals surface area contributed by atoms with Crippen LogP contribution in [0.3, 0.4) is 0 Å². The number of carbonyl (C=O) groups excluding carboxylic acids is 1. The molecule has 3 nitrogen and oxygen atoms in total. The van der Waals surface area contributed by atoms with Crippen LogP contribution in [0.4, 0.5) is 0 Å². The van der Waals surface area contributed by atoms with Gasteiger partial charge in [0, 0.05) is 17.9 Å². The summed E-state index contributed by atoms with van der Waals surface area (Å²) >= 11 is 3.80. The van der Waals surface area contributed by atoms with Crippen molar-refractivity contribution in [2.45, 2.75) is 19.8 Å². The first-order valence-electron chi connectivity index (χ1n) is 5.15. The van der Waals surface area contributed by atoms with Crippen molar-refractivity contribution >= 4 is 18.6 Å². The third-order valence-electron chi connectivity index (χ3n) is 1.13. The van der Waals surface area contributed by atoms with Gasteiger partial charge in [-0.1, -0.05) is 32.6 Å². The maximum atomic E-state index is 10.3. The van der Waals surface area contributed by atoms with Gasteiger partial charge in [0.25, 0.3) is 0 Å². The topological polar surface area (TPSA) is 50.1 Å². The Morgan fingerprint density at radius 2 is 1.94 bits per heavy atom. The van der Waals surface area contributed by atoms with Crippen LogP contribution in [-0.4, -0.2) is 18.3 Å². The van der Waals surface area contributed by atoms with Crippen LogP contribution < -0.4 is 0 Å². The van der Waals surface area contributed by atoms with E-state index < -0.39 is 0 Å². The van der Waals surface area contributed by atoms with E-state index in [2.05, 4.69) is 37.1 Å². The molecule has 0 aliphatic rings. The summed E-state index contributed by atoms with van der Waals surface area (Å²) in [5.74, 6) is 0.448. The number of nitriles is 1. The van der Waals surface area contributed by atoms with E-state index in [0.717, 1.165) is 18.6 Å². The third kappa shape index (κ3) is 40.2. The standard InChI is InChI=1S/C7H12O2.C3H3N.C3H6S/c1-3-5-6-9-7(8)4-2;2*1-2-3-4/h4H,2-3,5-6H2,1H3;2H,1H2;2,4H,1,3H2. The van der Waals surface area contributed by atoms with Gasteiger partial charge in [-0.15, -0.1) is 6.58 Å². The van der Waals surface area contributed by atoms with Gasteiger partial charge < -0.3 is 4.74 Å². The fourth-order valence-electron chi connectivity index (χ4n) is 0.376. The Bertz CT molecular complexity index is 244. The average Bonchev–Trinajstić information content (AvgIpc) is 2.39. The van der Waals surface area contributed by atoms with Gasteiger partial charge in [-0.05, 0) is 6.42 Å². The fraction of sp³-hybridized carbons (Fsp3) is 0.385. The van der Waals surface area contributed by atoms with Crippen LogP contribution in [0.5, 0.6) is 0 Å². The van der Waals surface area contributed by atoms with Crippen LogP contribution in [0.25, 0.3) is 0 Å². The number of thiol groups is 1. The third-order valence-corrected chi connectivity index (χ3v) is 1.39. The van der Waals surface area contributed by atoms with Gasteiger partial charge in [0.05, 0.1) is 12.7 Å². The molecular formula is C13H21NO2S. The highest BCUT2D eigenvalue weighted by atomic mass is 32.1. The van der Waals surface area contributed by atoms with E-state index in [0.29, 0.717) is 6.61 Å². The van der Waals surface area contributed by atoms with Crippen LogP contribution in [0.1, 0.15) is 19.8 Å². The number of hydrogen-bond donors (Lipinski definition) is 1. The van der Waals surface area contributed by atoms with E-state index in [9.17, 15) is 4.79 Å². The smallest absolute Gasteiger partial charge is 0.330 e. The van der Waals surface area contributed by atoms with Crippen molar-refractivity contribution < 1.29 is 9.53 Å². The van der Waals surface area contributed by atoms with E-state index in [4.69, 9.17) is 5.26 Å². The molecular weight excluding hydrogens is 234 g/mol. The maximum absolute atomic E-state index is 10.3. The lowest BCUT2D eigenvalue weighted by Gasteiger charge is -1.97. The molecule has 0 N–H and O–H groups in total. The summed E-state index contributed by atoms with van der Waals surface area (Å²) in [5.41, 5.74) is 0. The quantitative estimate of drug-likeness (QED) is 0.205. The molecule has 17 heavy (non-hydrogen) atoms. The monoisotopic (exact) mass is 255 g/mol. The molecule has 4 heteroatoms. The summed E-state index contributed by atoms with van der Waals surface area (Å²) in [6.07, 6.45) is 6.07. The second-order valence-corrected chi connectivity index (χ2v) is 2.89. The predicted molar refractivity (Wildman–Crippen MR) is 75.9 cm³/mol. The Morgan fingerprint density at radius 3 is 2.18 bits per heavy atom. The van der Waals surface area contributed by atoms with E-state index in [1.807, 2.05) is 6.92 Å². The molecule has 0 aliphatic carbocycles. The van der Waals surface area contributed by atoms with Gasteiger partial charge in [-0.3, -0.25) is 0 Å². The van der Waals surface area contributed by atoms with Crippen molar-refractivity contribution in [3.05, 3.63) is 38.0 Å². The minimum absolute atomic E-state index is 0.330. The molecule has 0 spiro atoms. The largest absolute Gasteiger partial charge is 0.463 e. The molecule has 0 rings (SSSR count). The van der Waals surface area contributed by atoms with Gasteiger partial charge in [-0.2, -0.15) is 17.9 Å². The normalized spacial score (nSPS) is 6.88. The zero-order valence-electron chi connectivity index (χ0n) is 10.4. The zero-order valence-corrected chi connectivity index (χ0v) is 11.3. The molecule has 96 valence electrons. The summed E-state index contributed by atoms with van der Waals surface area (Å²) in [6.45, 7) is 12.3. The van der Waals surface area contributed by atoms with Gasteiger partial charge in [-0.25, -0.2) is 4.79 Å². The average molecular weight is 255 g/mol. The van der Waals surface area contributed by atoms with Gasteiger partial charge in [0.2, 0.25) is 0 Å². The zero-order chi connectivity index (χ0) is 13.9. The maximum Gasteiger partial charge on any atom is 0.330 e. The van der Waals surface area contributed by atoms with Crippen LogP contribution in [0.2, 0.25) is 0 Å². The molecule has 0 aliphatic heterocycles. The number of nitrogens with zero attached hydrogens (tertiary/aromatic N) is 1. The van der Waals surface area contributed by atoms with Crippen LogP contribution >= 0.6 is 12.6 Å². The lowest BCUT2D eigenvalue weighted by atomic mass is 10.4. The first-order valence-corrected chi connectivity index (χ1v) is 5.79. The van der Waals surface area contributed by atoms with Crippen molar-refractivity contribution in [1.82, 2.24) is 0 Å². The number of unbranched alkanes of at least 4 members (excludes halogenated alkanes) is 1. The number of hydrogen-bond acceptors (Lipinski definition) is 4. The number of rotatable bonds is 5. The van der Waals surface area contributed by atoms with Gasteiger partial charge >= 0.3 is 5.97 Å². The SMILES string of the molecule is C=CC#N.C=CC(=O)OCCCC.C=CCS. The molecule has 0 fully saturated rings. The van der Waals surface area contributed by atoms with Crippen molar-refractivity contribution in [3.63, 3.8) is 0 Å². The van der Waals surface area contributed by atoms with Crippen LogP contribution in [0, 0.1) is 11.3 Å². The predicted octanol–water partition coefficient (Wildman–Crippen LogP) is 3.31. The van der Waals surface area contributed by atoms with Crippen molar-refractivity contribution in [2.24, 2.45) is 0 Å². The Balaban J connectivity index is -0.000000205. The Hall–Kier alpha value is -1.47. The number of esters is 1. The molecule has 0 aromatic carbocycles. The summed E-state index contributed by atoms with van der Waals surface area (Å²) in [6, 6.07) is 1.69. The number of ether oxygens (including phenoxy) is 1. The highest BCUT2D eigenvalue weighted by molar-refractivity contribution is 7.80. The molecule has 0 bridgehead atoms. The first-order chi connectivity index (χ1) is 8.14. The molecule has 0 radical (unpaired) electrons. The van der Waals surface area contributed by atoms with Crippen LogP contribution in [0.15, 0.2) is 38.0 Å². The Kier molecular flexibility index (Phi) is 29.5. The van der Waals surface area contributed by atoms with Crippen LogP contribution in [-0.2, 0) is 9.53 Å². The summed E-state index contributed by atoms with van der Waals surface area (Å²) in [4.78, 5) is 10.3. The van der Waals surface area contributed by atoms with E-state index >= 15 is 0 Å². The first kappa shape index (κ1) is 20.9. The molecule has 0 aromatic heterocycles. The minimum atomic E-state index is -0.330. The van der Waals surface area contributed by atoms with Crippen molar-refractivity contribution in [1.29, 1.82) is 5.26 Å². The minimum Gasteiger partial charge on any atom is -0.463 e. The van der Waals surface area contributed by atoms with E-state index in [1.54, 1.807) is 12.1 Å². The second-order valence-electron chi connectivity index (χ2n) is 2.53. The van der Waals surface area contributed by atoms with Crippen molar-refractivity contribution in [3.8, 4) is 6.07 Å². The molecule has 0 saturated heterocycles. The molecule has 0 atom stereocenters. The van der Waals surface area contributed by atoms with E-state index in [-0.39, 0.29) is 5.97 Å². The molecule has 0 heterocycles. The molecule has 0 unspecified atom stereocenters. The molecule has 0 amide bonds. The summed E-state index contributed by atoms with van der Waals surface area (Å²) < 4.78 is 4.67. The Morgan fingerprint density at radius 1 is 1.47 bits per heavy atom. The summed E-state index contributed by atoms with van der Waals surface area (Å²) in [7, 11) is 0. The summed E-state index contributed by atoms with van der Waals surface area (Å²) in [5, 5.41) is 7.51. The number of carbonyl (C=O) groups is 1. The fourth-order valence-corrected chi connectivity index (χ4v) is 0.376. The molecule has 0 saturated carbocycles. The molecule has 0 aromatic rings. The number of allylic oxidation sites excluding steroid dienone is 1.